The summed E-state index contributed by atoms with van der Waals surface area (Å²) in [7, 11) is 1.51. The monoisotopic (exact) mass is 452 g/mol. The van der Waals surface area contributed by atoms with E-state index in [4.69, 9.17) is 13.8 Å². The molecule has 2 saturated heterocycles. The SMILES string of the molecule is COOSN1CCN(c2ccc(OCC3CCN(C(=O)OC4(C)CC4)CC3)nc2)CC1. The maximum atomic E-state index is 12.2. The summed E-state index contributed by atoms with van der Waals surface area (Å²) >= 11 is 1.24. The van der Waals surface area contributed by atoms with Crippen LogP contribution in [0.1, 0.15) is 32.6 Å². The maximum Gasteiger partial charge on any atom is 0.410 e. The van der Waals surface area contributed by atoms with Crippen LogP contribution in [-0.4, -0.2) is 78.9 Å². The van der Waals surface area contributed by atoms with Crippen LogP contribution in [-0.2, 0) is 14.0 Å². The van der Waals surface area contributed by atoms with Gasteiger partial charge in [0.1, 0.15) is 17.8 Å². The molecule has 0 unspecified atom stereocenters. The fraction of sp³-hybridized carbons (Fsp3) is 0.714. The zero-order chi connectivity index (χ0) is 21.7. The van der Waals surface area contributed by atoms with E-state index in [0.717, 1.165) is 70.6 Å². The molecule has 0 radical (unpaired) electrons. The third-order valence-corrected chi connectivity index (χ3v) is 6.93. The Kier molecular flexibility index (Phi) is 7.42. The van der Waals surface area contributed by atoms with Crippen molar-refractivity contribution in [1.82, 2.24) is 14.2 Å². The van der Waals surface area contributed by atoms with Crippen molar-refractivity contribution >= 4 is 24.0 Å². The zero-order valence-corrected chi connectivity index (χ0v) is 19.1. The topological polar surface area (TPSA) is 76.6 Å². The minimum Gasteiger partial charge on any atom is -0.477 e. The summed E-state index contributed by atoms with van der Waals surface area (Å²) in [6, 6.07) is 4.00. The lowest BCUT2D eigenvalue weighted by molar-refractivity contribution is -0.163. The number of amides is 1. The highest BCUT2D eigenvalue weighted by Gasteiger charge is 2.43. The third-order valence-electron chi connectivity index (χ3n) is 6.16. The Labute approximate surface area is 188 Å². The average Bonchev–Trinajstić information content (AvgIpc) is 3.53. The van der Waals surface area contributed by atoms with Crippen molar-refractivity contribution in [1.29, 1.82) is 0 Å². The van der Waals surface area contributed by atoms with Crippen molar-refractivity contribution in [2.45, 2.75) is 38.2 Å². The molecule has 0 aromatic carbocycles. The summed E-state index contributed by atoms with van der Waals surface area (Å²) in [6.07, 6.45) is 5.53. The van der Waals surface area contributed by atoms with Gasteiger partial charge in [-0.05, 0) is 44.6 Å². The van der Waals surface area contributed by atoms with Gasteiger partial charge < -0.3 is 19.3 Å². The third kappa shape index (κ3) is 6.38. The van der Waals surface area contributed by atoms with Crippen molar-refractivity contribution in [3.05, 3.63) is 18.3 Å². The Bertz CT molecular complexity index is 717. The smallest absolute Gasteiger partial charge is 0.410 e. The van der Waals surface area contributed by atoms with E-state index in [0.29, 0.717) is 18.4 Å². The highest BCUT2D eigenvalue weighted by atomic mass is 32.2. The number of aromatic nitrogens is 1. The van der Waals surface area contributed by atoms with E-state index in [9.17, 15) is 4.79 Å². The molecule has 1 aromatic heterocycles. The van der Waals surface area contributed by atoms with E-state index in [-0.39, 0.29) is 11.7 Å². The second-order valence-electron chi connectivity index (χ2n) is 8.64. The van der Waals surface area contributed by atoms with Gasteiger partial charge in [-0.2, -0.15) is 0 Å². The lowest BCUT2D eigenvalue weighted by atomic mass is 9.98. The normalized spacial score (nSPS) is 21.7. The number of carbonyl (C=O) groups is 1. The van der Waals surface area contributed by atoms with E-state index < -0.39 is 0 Å². The second kappa shape index (κ2) is 10.2. The Morgan fingerprint density at radius 2 is 1.90 bits per heavy atom. The molecule has 1 aromatic rings. The van der Waals surface area contributed by atoms with E-state index in [1.165, 1.54) is 19.3 Å². The van der Waals surface area contributed by atoms with Crippen LogP contribution in [0.5, 0.6) is 5.88 Å². The van der Waals surface area contributed by atoms with E-state index in [1.54, 1.807) is 0 Å². The number of hydrogen-bond acceptors (Lipinski definition) is 9. The number of anilines is 1. The first-order valence-corrected chi connectivity index (χ1v) is 11.7. The van der Waals surface area contributed by atoms with Crippen molar-refractivity contribution in [2.75, 3.05) is 57.9 Å². The Hall–Kier alpha value is -1.75. The first-order chi connectivity index (χ1) is 15.0. The first kappa shape index (κ1) is 22.4. The van der Waals surface area contributed by atoms with Gasteiger partial charge >= 0.3 is 6.09 Å². The van der Waals surface area contributed by atoms with Gasteiger partial charge in [-0.1, -0.05) is 0 Å². The molecule has 172 valence electrons. The molecule has 4 rings (SSSR count). The van der Waals surface area contributed by atoms with Gasteiger partial charge in [0.05, 0.1) is 25.6 Å². The fourth-order valence-corrected chi connectivity index (χ4v) is 4.24. The van der Waals surface area contributed by atoms with Crippen LogP contribution < -0.4 is 9.64 Å². The number of carbonyl (C=O) groups excluding carboxylic acids is 1. The largest absolute Gasteiger partial charge is 0.477 e. The van der Waals surface area contributed by atoms with Gasteiger partial charge in [0.25, 0.3) is 0 Å². The van der Waals surface area contributed by atoms with Crippen LogP contribution in [0.15, 0.2) is 18.3 Å². The van der Waals surface area contributed by atoms with Gasteiger partial charge in [-0.25, -0.2) is 19.0 Å². The fourth-order valence-electron chi connectivity index (χ4n) is 3.78. The number of nitrogens with zero attached hydrogens (tertiary/aromatic N) is 4. The number of likely N-dealkylation sites (tertiary alicyclic amines) is 1. The van der Waals surface area contributed by atoms with Gasteiger partial charge in [0.15, 0.2) is 0 Å². The Balaban J connectivity index is 1.15. The molecule has 0 N–H and O–H groups in total. The van der Waals surface area contributed by atoms with Crippen LogP contribution in [0.3, 0.4) is 0 Å². The predicted molar refractivity (Wildman–Crippen MR) is 118 cm³/mol. The maximum absolute atomic E-state index is 12.2. The molecular weight excluding hydrogens is 420 g/mol. The van der Waals surface area contributed by atoms with Gasteiger partial charge in [0, 0.05) is 45.3 Å². The van der Waals surface area contributed by atoms with Gasteiger partial charge in [-0.15, -0.1) is 4.33 Å². The highest BCUT2D eigenvalue weighted by molar-refractivity contribution is 7.92. The number of ether oxygens (including phenoxy) is 2. The molecule has 31 heavy (non-hydrogen) atoms. The van der Waals surface area contributed by atoms with Crippen molar-refractivity contribution in [3.8, 4) is 5.88 Å². The molecule has 10 heteroatoms. The lowest BCUT2D eigenvalue weighted by Gasteiger charge is -2.34. The highest BCUT2D eigenvalue weighted by Crippen LogP contribution is 2.39. The van der Waals surface area contributed by atoms with Crippen LogP contribution in [0.4, 0.5) is 10.5 Å². The molecule has 1 aliphatic carbocycles. The molecular formula is C21H32N4O5S. The van der Waals surface area contributed by atoms with E-state index in [1.807, 2.05) is 24.1 Å². The number of piperidine rings is 1. The molecule has 2 aliphatic heterocycles. The molecule has 0 atom stereocenters. The average molecular weight is 453 g/mol. The van der Waals surface area contributed by atoms with Crippen LogP contribution >= 0.6 is 12.2 Å². The molecule has 0 bridgehead atoms. The van der Waals surface area contributed by atoms with Crippen LogP contribution in [0.25, 0.3) is 0 Å². The number of rotatable bonds is 8. The number of piperazine rings is 1. The molecule has 3 aliphatic rings. The molecule has 1 amide bonds. The quantitative estimate of drug-likeness (QED) is 0.256. The summed E-state index contributed by atoms with van der Waals surface area (Å²) in [6.45, 7) is 7.67. The summed E-state index contributed by atoms with van der Waals surface area (Å²) in [4.78, 5) is 25.5. The number of pyridine rings is 1. The lowest BCUT2D eigenvalue weighted by Crippen LogP contribution is -2.43. The van der Waals surface area contributed by atoms with Gasteiger partial charge in [0.2, 0.25) is 5.88 Å². The molecule has 3 fully saturated rings. The van der Waals surface area contributed by atoms with Crippen molar-refractivity contribution < 1.29 is 23.5 Å². The van der Waals surface area contributed by atoms with E-state index in [2.05, 4.69) is 25.1 Å². The number of hydrogen-bond donors (Lipinski definition) is 0. The zero-order valence-electron chi connectivity index (χ0n) is 18.3. The van der Waals surface area contributed by atoms with Crippen LogP contribution in [0.2, 0.25) is 0 Å². The molecule has 3 heterocycles. The minimum absolute atomic E-state index is 0.165. The Morgan fingerprint density at radius 3 is 2.52 bits per heavy atom. The summed E-state index contributed by atoms with van der Waals surface area (Å²) in [5.41, 5.74) is 0.890. The molecule has 0 spiro atoms. The first-order valence-electron chi connectivity index (χ1n) is 11.0. The van der Waals surface area contributed by atoms with Crippen molar-refractivity contribution in [3.63, 3.8) is 0 Å². The van der Waals surface area contributed by atoms with Crippen molar-refractivity contribution in [2.24, 2.45) is 5.92 Å². The molecule has 9 nitrogen and oxygen atoms in total. The minimum atomic E-state index is -0.208. The predicted octanol–water partition coefficient (Wildman–Crippen LogP) is 3.12. The van der Waals surface area contributed by atoms with Gasteiger partial charge in [-0.3, -0.25) is 0 Å². The second-order valence-corrected chi connectivity index (χ2v) is 9.44. The molecule has 1 saturated carbocycles. The summed E-state index contributed by atoms with van der Waals surface area (Å²) < 4.78 is 18.5. The van der Waals surface area contributed by atoms with E-state index >= 15 is 0 Å². The summed E-state index contributed by atoms with van der Waals surface area (Å²) in [5, 5.41) is 0. The standard InChI is InChI=1S/C21H32N4O5S/c1-21(7-8-21)29-20(26)24-9-5-17(6-10-24)16-28-19-4-3-18(15-22-19)23-11-13-25(14-12-23)31-30-27-2/h3-4,15,17H,5-14,16H2,1-2H3. The summed E-state index contributed by atoms with van der Waals surface area (Å²) in [5.74, 6) is 1.08. The Morgan fingerprint density at radius 1 is 1.16 bits per heavy atom. The van der Waals surface area contributed by atoms with Crippen LogP contribution in [0, 0.1) is 5.92 Å².